The number of hydrogen-bond donors (Lipinski definition) is 3. The van der Waals surface area contributed by atoms with Crippen LogP contribution in [0.15, 0.2) is 48.5 Å². The molecule has 1 saturated heterocycles. The van der Waals surface area contributed by atoms with E-state index in [0.717, 1.165) is 6.08 Å². The quantitative estimate of drug-likeness (QED) is 0.245. The van der Waals surface area contributed by atoms with Gasteiger partial charge in [0.2, 0.25) is 6.29 Å². The maximum absolute atomic E-state index is 12.1. The van der Waals surface area contributed by atoms with E-state index in [2.05, 4.69) is 0 Å². The predicted molar refractivity (Wildman–Crippen MR) is 109 cm³/mol. The summed E-state index contributed by atoms with van der Waals surface area (Å²) in [5, 5.41) is 40.8. The number of nitro benzene ring substituents is 1. The standard InChI is InChI=1S/C21H21NO10/c1-29-16-10-12(2-8-15(16)23)3-9-18(24)32-17-11-30-21(20(26)19(17)25)31-14-6-4-13(5-7-14)22(27)28/h2-10,17,19-21,23,25-26H,11H2,1H3/b9-3+/t17-,19+,20-,21+/m1/s1. The second-order valence-corrected chi connectivity index (χ2v) is 6.79. The van der Waals surface area contributed by atoms with E-state index in [1.54, 1.807) is 6.07 Å². The van der Waals surface area contributed by atoms with Gasteiger partial charge in [-0.25, -0.2) is 4.79 Å². The monoisotopic (exact) mass is 447 g/mol. The van der Waals surface area contributed by atoms with E-state index in [-0.39, 0.29) is 29.5 Å². The van der Waals surface area contributed by atoms with Crippen molar-refractivity contribution in [2.45, 2.75) is 24.6 Å². The molecule has 0 aromatic heterocycles. The average Bonchev–Trinajstić information content (AvgIpc) is 2.78. The number of esters is 1. The van der Waals surface area contributed by atoms with Gasteiger partial charge in [0.05, 0.1) is 18.6 Å². The van der Waals surface area contributed by atoms with Gasteiger partial charge >= 0.3 is 5.97 Å². The Kier molecular flexibility index (Phi) is 7.25. The van der Waals surface area contributed by atoms with Gasteiger partial charge in [-0.1, -0.05) is 6.07 Å². The number of aromatic hydroxyl groups is 1. The molecule has 1 heterocycles. The molecule has 11 heteroatoms. The fourth-order valence-electron chi connectivity index (χ4n) is 2.91. The van der Waals surface area contributed by atoms with Crippen molar-refractivity contribution in [1.82, 2.24) is 0 Å². The molecule has 0 saturated carbocycles. The molecule has 1 fully saturated rings. The molecule has 1 aliphatic heterocycles. The molecule has 2 aromatic carbocycles. The van der Waals surface area contributed by atoms with Crippen LogP contribution in [0, 0.1) is 10.1 Å². The molecule has 3 N–H and O–H groups in total. The summed E-state index contributed by atoms with van der Waals surface area (Å²) >= 11 is 0. The first-order valence-corrected chi connectivity index (χ1v) is 9.43. The average molecular weight is 447 g/mol. The zero-order chi connectivity index (χ0) is 23.3. The van der Waals surface area contributed by atoms with Crippen molar-refractivity contribution in [3.8, 4) is 17.2 Å². The molecule has 0 bridgehead atoms. The normalized spacial score (nSPS) is 23.0. The maximum Gasteiger partial charge on any atom is 0.331 e. The van der Waals surface area contributed by atoms with E-state index < -0.39 is 35.5 Å². The predicted octanol–water partition coefficient (Wildman–Crippen LogP) is 1.39. The number of aliphatic hydroxyl groups is 2. The van der Waals surface area contributed by atoms with Crippen molar-refractivity contribution in [1.29, 1.82) is 0 Å². The van der Waals surface area contributed by atoms with Crippen molar-refractivity contribution in [2.75, 3.05) is 13.7 Å². The zero-order valence-corrected chi connectivity index (χ0v) is 16.9. The summed E-state index contributed by atoms with van der Waals surface area (Å²) in [5.74, 6) is -0.408. The van der Waals surface area contributed by atoms with Crippen LogP contribution in [-0.2, 0) is 14.3 Å². The molecular weight excluding hydrogens is 426 g/mol. The molecule has 32 heavy (non-hydrogen) atoms. The Hall–Kier alpha value is -3.67. The Labute approximate surface area is 182 Å². The second kappa shape index (κ2) is 10.1. The van der Waals surface area contributed by atoms with Crippen molar-refractivity contribution >= 4 is 17.7 Å². The lowest BCUT2D eigenvalue weighted by Gasteiger charge is -2.36. The number of phenolic OH excluding ortho intramolecular Hbond substituents is 1. The van der Waals surface area contributed by atoms with Gasteiger partial charge in [0.1, 0.15) is 18.0 Å². The number of nitrogens with zero attached hydrogens (tertiary/aromatic N) is 1. The Morgan fingerprint density at radius 3 is 2.56 bits per heavy atom. The summed E-state index contributed by atoms with van der Waals surface area (Å²) in [7, 11) is 1.39. The SMILES string of the molecule is COc1cc(/C=C/C(=O)O[C@@H]2CO[C@@H](Oc3ccc([N+](=O)[O-])cc3)[C@H](O)[C@H]2O)ccc1O. The number of benzene rings is 2. The van der Waals surface area contributed by atoms with Gasteiger partial charge in [-0.2, -0.15) is 0 Å². The lowest BCUT2D eigenvalue weighted by molar-refractivity contribution is -0.384. The van der Waals surface area contributed by atoms with Gasteiger partial charge in [0.25, 0.3) is 5.69 Å². The largest absolute Gasteiger partial charge is 0.504 e. The molecule has 11 nitrogen and oxygen atoms in total. The number of nitro groups is 1. The second-order valence-electron chi connectivity index (χ2n) is 6.79. The van der Waals surface area contributed by atoms with Crippen LogP contribution in [0.3, 0.4) is 0 Å². The van der Waals surface area contributed by atoms with Gasteiger partial charge in [-0.15, -0.1) is 0 Å². The van der Waals surface area contributed by atoms with Crippen LogP contribution in [-0.4, -0.2) is 64.5 Å². The Morgan fingerprint density at radius 2 is 1.91 bits per heavy atom. The minimum atomic E-state index is -1.54. The molecule has 0 radical (unpaired) electrons. The van der Waals surface area contributed by atoms with Crippen molar-refractivity contribution < 1.29 is 44.0 Å². The van der Waals surface area contributed by atoms with E-state index in [1.165, 1.54) is 49.6 Å². The molecule has 2 aromatic rings. The molecule has 0 unspecified atom stereocenters. The first-order chi connectivity index (χ1) is 15.3. The summed E-state index contributed by atoms with van der Waals surface area (Å²) < 4.78 is 20.9. The molecule has 170 valence electrons. The molecule has 0 spiro atoms. The number of ether oxygens (including phenoxy) is 4. The number of methoxy groups -OCH3 is 1. The van der Waals surface area contributed by atoms with Crippen molar-refractivity contribution in [3.05, 3.63) is 64.2 Å². The Morgan fingerprint density at radius 1 is 1.19 bits per heavy atom. The minimum Gasteiger partial charge on any atom is -0.504 e. The highest BCUT2D eigenvalue weighted by atomic mass is 16.7. The third-order valence-electron chi connectivity index (χ3n) is 4.62. The third kappa shape index (κ3) is 5.52. The van der Waals surface area contributed by atoms with Gasteiger partial charge in [-0.05, 0) is 35.9 Å². The topological polar surface area (TPSA) is 158 Å². The van der Waals surface area contributed by atoms with E-state index in [0.29, 0.717) is 5.56 Å². The molecule has 0 aliphatic carbocycles. The van der Waals surface area contributed by atoms with Crippen LogP contribution in [0.1, 0.15) is 5.56 Å². The number of carbonyl (C=O) groups is 1. The van der Waals surface area contributed by atoms with Crippen LogP contribution < -0.4 is 9.47 Å². The minimum absolute atomic E-state index is 0.0470. The van der Waals surface area contributed by atoms with Gasteiger partial charge in [-0.3, -0.25) is 10.1 Å². The summed E-state index contributed by atoms with van der Waals surface area (Å²) in [6.07, 6.45) is -2.89. The van der Waals surface area contributed by atoms with Crippen LogP contribution in [0.4, 0.5) is 5.69 Å². The van der Waals surface area contributed by atoms with E-state index >= 15 is 0 Å². The Balaban J connectivity index is 1.55. The number of aliphatic hydroxyl groups excluding tert-OH is 2. The summed E-state index contributed by atoms with van der Waals surface area (Å²) in [6.45, 7) is -0.248. The fraction of sp³-hybridized carbons (Fsp3) is 0.286. The van der Waals surface area contributed by atoms with Gasteiger partial charge in [0, 0.05) is 18.2 Å². The molecule has 4 atom stereocenters. The van der Waals surface area contributed by atoms with E-state index in [4.69, 9.17) is 18.9 Å². The number of rotatable bonds is 7. The first kappa shape index (κ1) is 23.0. The summed E-state index contributed by atoms with van der Waals surface area (Å²) in [5.41, 5.74) is 0.432. The lowest BCUT2D eigenvalue weighted by Crippen LogP contribution is -2.56. The van der Waals surface area contributed by atoms with E-state index in [1.807, 2.05) is 0 Å². The molecule has 3 rings (SSSR count). The zero-order valence-electron chi connectivity index (χ0n) is 16.9. The number of non-ortho nitro benzene ring substituents is 1. The molecular formula is C21H21NO10. The van der Waals surface area contributed by atoms with Crippen molar-refractivity contribution in [3.63, 3.8) is 0 Å². The molecule has 0 amide bonds. The number of carbonyl (C=O) groups excluding carboxylic acids is 1. The first-order valence-electron chi connectivity index (χ1n) is 9.43. The van der Waals surface area contributed by atoms with Gasteiger partial charge < -0.3 is 34.3 Å². The smallest absolute Gasteiger partial charge is 0.331 e. The fourth-order valence-corrected chi connectivity index (χ4v) is 2.91. The number of phenols is 1. The third-order valence-corrected chi connectivity index (χ3v) is 4.62. The number of hydrogen-bond acceptors (Lipinski definition) is 10. The molecule has 1 aliphatic rings. The van der Waals surface area contributed by atoms with E-state index in [9.17, 15) is 30.2 Å². The lowest BCUT2D eigenvalue weighted by atomic mass is 10.1. The summed E-state index contributed by atoms with van der Waals surface area (Å²) in [4.78, 5) is 22.2. The van der Waals surface area contributed by atoms with Crippen LogP contribution >= 0.6 is 0 Å². The highest BCUT2D eigenvalue weighted by Gasteiger charge is 2.41. The highest BCUT2D eigenvalue weighted by Crippen LogP contribution is 2.27. The summed E-state index contributed by atoms with van der Waals surface area (Å²) in [6, 6.07) is 9.59. The van der Waals surface area contributed by atoms with Crippen LogP contribution in [0.2, 0.25) is 0 Å². The van der Waals surface area contributed by atoms with Crippen molar-refractivity contribution in [2.24, 2.45) is 0 Å². The van der Waals surface area contributed by atoms with Crippen LogP contribution in [0.5, 0.6) is 17.2 Å². The van der Waals surface area contributed by atoms with Gasteiger partial charge in [0.15, 0.2) is 17.6 Å². The highest BCUT2D eigenvalue weighted by molar-refractivity contribution is 5.87. The van der Waals surface area contributed by atoms with Crippen LogP contribution in [0.25, 0.3) is 6.08 Å². The maximum atomic E-state index is 12.1. The Bertz CT molecular complexity index is 991.